The Morgan fingerprint density at radius 2 is 2.00 bits per heavy atom. The molecule has 2 bridgehead atoms. The molecular formula is C14H21N3O2S. The van der Waals surface area contributed by atoms with E-state index in [1.54, 1.807) is 19.0 Å². The Morgan fingerprint density at radius 1 is 1.40 bits per heavy atom. The van der Waals surface area contributed by atoms with Crippen molar-refractivity contribution in [1.29, 1.82) is 0 Å². The van der Waals surface area contributed by atoms with Crippen LogP contribution in [0.3, 0.4) is 0 Å². The molecule has 0 aliphatic carbocycles. The van der Waals surface area contributed by atoms with E-state index in [1.165, 1.54) is 11.3 Å². The summed E-state index contributed by atoms with van der Waals surface area (Å²) in [7, 11) is 3.48. The van der Waals surface area contributed by atoms with E-state index in [0.29, 0.717) is 22.6 Å². The van der Waals surface area contributed by atoms with E-state index < -0.39 is 0 Å². The molecule has 0 saturated carbocycles. The monoisotopic (exact) mass is 295 g/mol. The predicted octanol–water partition coefficient (Wildman–Crippen LogP) is 1.52. The SMILES string of the molecule is CN(C)C(=O)c1sc(N2C3CCC2CC(O)C3)cc1N. The summed E-state index contributed by atoms with van der Waals surface area (Å²) in [5.41, 5.74) is 6.58. The Balaban J connectivity index is 1.89. The van der Waals surface area contributed by atoms with Gasteiger partial charge in [0.2, 0.25) is 0 Å². The Labute approximate surface area is 123 Å². The first-order valence-corrected chi connectivity index (χ1v) is 7.86. The number of rotatable bonds is 2. The van der Waals surface area contributed by atoms with E-state index in [9.17, 15) is 9.90 Å². The molecule has 0 spiro atoms. The lowest BCUT2D eigenvalue weighted by molar-refractivity contribution is 0.0833. The minimum atomic E-state index is -0.177. The van der Waals surface area contributed by atoms with Crippen molar-refractivity contribution in [2.24, 2.45) is 0 Å². The van der Waals surface area contributed by atoms with Gasteiger partial charge in [-0.2, -0.15) is 0 Å². The van der Waals surface area contributed by atoms with E-state index in [1.807, 2.05) is 6.07 Å². The number of aliphatic hydroxyl groups is 1. The van der Waals surface area contributed by atoms with Gasteiger partial charge < -0.3 is 20.6 Å². The van der Waals surface area contributed by atoms with Gasteiger partial charge in [-0.1, -0.05) is 0 Å². The molecule has 2 atom stereocenters. The number of anilines is 2. The van der Waals surface area contributed by atoms with Gasteiger partial charge in [-0.25, -0.2) is 0 Å². The predicted molar refractivity (Wildman–Crippen MR) is 81.3 cm³/mol. The van der Waals surface area contributed by atoms with Gasteiger partial charge in [0.25, 0.3) is 5.91 Å². The van der Waals surface area contributed by atoms with Crippen molar-refractivity contribution < 1.29 is 9.90 Å². The number of thiophene rings is 1. The van der Waals surface area contributed by atoms with Crippen LogP contribution in [0.2, 0.25) is 0 Å². The van der Waals surface area contributed by atoms with Gasteiger partial charge in [-0.3, -0.25) is 4.79 Å². The summed E-state index contributed by atoms with van der Waals surface area (Å²) in [6.45, 7) is 0. The van der Waals surface area contributed by atoms with Crippen LogP contribution in [-0.2, 0) is 0 Å². The average Bonchev–Trinajstić information content (AvgIpc) is 2.87. The molecule has 110 valence electrons. The van der Waals surface area contributed by atoms with Crippen molar-refractivity contribution in [3.8, 4) is 0 Å². The van der Waals surface area contributed by atoms with E-state index >= 15 is 0 Å². The van der Waals surface area contributed by atoms with Gasteiger partial charge in [-0.05, 0) is 31.7 Å². The fraction of sp³-hybridized carbons (Fsp3) is 0.643. The zero-order chi connectivity index (χ0) is 14.4. The van der Waals surface area contributed by atoms with Gasteiger partial charge in [0.1, 0.15) is 4.88 Å². The fourth-order valence-corrected chi connectivity index (χ4v) is 4.64. The van der Waals surface area contributed by atoms with Gasteiger partial charge in [-0.15, -0.1) is 11.3 Å². The van der Waals surface area contributed by atoms with E-state index in [4.69, 9.17) is 5.73 Å². The summed E-state index contributed by atoms with van der Waals surface area (Å²) in [5, 5.41) is 10.9. The largest absolute Gasteiger partial charge is 0.397 e. The molecule has 3 heterocycles. The normalized spacial score (nSPS) is 28.8. The number of carbonyl (C=O) groups is 1. The zero-order valence-corrected chi connectivity index (χ0v) is 12.7. The van der Waals surface area contributed by atoms with Crippen LogP contribution in [0.1, 0.15) is 35.4 Å². The smallest absolute Gasteiger partial charge is 0.265 e. The van der Waals surface area contributed by atoms with E-state index in [0.717, 1.165) is 30.7 Å². The van der Waals surface area contributed by atoms with Crippen molar-refractivity contribution in [2.45, 2.75) is 43.9 Å². The molecule has 1 amide bonds. The maximum absolute atomic E-state index is 12.1. The maximum Gasteiger partial charge on any atom is 0.265 e. The first-order chi connectivity index (χ1) is 9.47. The molecule has 2 aliphatic heterocycles. The van der Waals surface area contributed by atoms with Crippen LogP contribution in [0.4, 0.5) is 10.7 Å². The van der Waals surface area contributed by atoms with Crippen LogP contribution in [-0.4, -0.2) is 48.2 Å². The second kappa shape index (κ2) is 4.93. The quantitative estimate of drug-likeness (QED) is 0.868. The van der Waals surface area contributed by atoms with Crippen LogP contribution in [0, 0.1) is 0 Å². The molecule has 5 nitrogen and oxygen atoms in total. The molecule has 1 aromatic rings. The number of amides is 1. The summed E-state index contributed by atoms with van der Waals surface area (Å²) in [5.74, 6) is -0.0388. The first-order valence-electron chi connectivity index (χ1n) is 7.04. The van der Waals surface area contributed by atoms with Crippen molar-refractivity contribution in [2.75, 3.05) is 24.7 Å². The summed E-state index contributed by atoms with van der Waals surface area (Å²) >= 11 is 1.48. The van der Waals surface area contributed by atoms with Crippen molar-refractivity contribution in [1.82, 2.24) is 4.90 Å². The summed E-state index contributed by atoms with van der Waals surface area (Å²) in [4.78, 5) is 16.6. The van der Waals surface area contributed by atoms with Crippen LogP contribution >= 0.6 is 11.3 Å². The van der Waals surface area contributed by atoms with Gasteiger partial charge in [0, 0.05) is 26.2 Å². The number of hydrogen-bond donors (Lipinski definition) is 2. The third-order valence-electron chi connectivity index (χ3n) is 4.31. The second-order valence-corrected chi connectivity index (χ2v) is 7.02. The number of aliphatic hydroxyl groups excluding tert-OH is 1. The molecule has 0 aromatic carbocycles. The van der Waals surface area contributed by atoms with Crippen LogP contribution in [0.5, 0.6) is 0 Å². The molecule has 20 heavy (non-hydrogen) atoms. The number of carbonyl (C=O) groups excluding carboxylic acids is 1. The van der Waals surface area contributed by atoms with Gasteiger partial charge in [0.15, 0.2) is 0 Å². The van der Waals surface area contributed by atoms with E-state index in [-0.39, 0.29) is 12.0 Å². The molecule has 3 N–H and O–H groups in total. The van der Waals surface area contributed by atoms with Gasteiger partial charge in [0.05, 0.1) is 16.8 Å². The highest BCUT2D eigenvalue weighted by Gasteiger charge is 2.41. The highest BCUT2D eigenvalue weighted by molar-refractivity contribution is 7.18. The Morgan fingerprint density at radius 3 is 2.55 bits per heavy atom. The molecule has 2 saturated heterocycles. The summed E-state index contributed by atoms with van der Waals surface area (Å²) in [6, 6.07) is 2.71. The Hall–Kier alpha value is -1.27. The highest BCUT2D eigenvalue weighted by Crippen LogP contribution is 2.43. The highest BCUT2D eigenvalue weighted by atomic mass is 32.1. The van der Waals surface area contributed by atoms with Gasteiger partial charge >= 0.3 is 0 Å². The topological polar surface area (TPSA) is 69.8 Å². The van der Waals surface area contributed by atoms with Crippen molar-refractivity contribution in [3.05, 3.63) is 10.9 Å². The van der Waals surface area contributed by atoms with Crippen molar-refractivity contribution >= 4 is 27.9 Å². The standard InChI is InChI=1S/C14H21N3O2S/c1-16(2)14(19)13-11(15)7-12(20-13)17-8-3-4-9(17)6-10(18)5-8/h7-10,18H,3-6,15H2,1-2H3. The number of hydrogen-bond acceptors (Lipinski definition) is 5. The van der Waals surface area contributed by atoms with E-state index in [2.05, 4.69) is 4.90 Å². The molecule has 6 heteroatoms. The van der Waals surface area contributed by atoms with Crippen LogP contribution < -0.4 is 10.6 Å². The van der Waals surface area contributed by atoms with Crippen molar-refractivity contribution in [3.63, 3.8) is 0 Å². The van der Waals surface area contributed by atoms with Crippen LogP contribution in [0.15, 0.2) is 6.07 Å². The molecule has 2 aliphatic rings. The number of nitrogens with zero attached hydrogens (tertiary/aromatic N) is 2. The lowest BCUT2D eigenvalue weighted by atomic mass is 10.0. The number of nitrogen functional groups attached to an aromatic ring is 1. The third-order valence-corrected chi connectivity index (χ3v) is 5.46. The average molecular weight is 295 g/mol. The first kappa shape index (κ1) is 13.7. The number of piperidine rings is 1. The number of nitrogens with two attached hydrogens (primary N) is 1. The summed E-state index contributed by atoms with van der Waals surface area (Å²) < 4.78 is 0. The minimum Gasteiger partial charge on any atom is -0.397 e. The minimum absolute atomic E-state index is 0.0388. The third kappa shape index (κ3) is 2.16. The molecule has 2 fully saturated rings. The molecule has 3 rings (SSSR count). The molecule has 2 unspecified atom stereocenters. The second-order valence-electron chi connectivity index (χ2n) is 5.99. The lowest BCUT2D eigenvalue weighted by Crippen LogP contribution is -2.44. The zero-order valence-electron chi connectivity index (χ0n) is 11.9. The maximum atomic E-state index is 12.1. The summed E-state index contributed by atoms with van der Waals surface area (Å²) in [6.07, 6.45) is 3.72. The lowest BCUT2D eigenvalue weighted by Gasteiger charge is -2.37. The molecular weight excluding hydrogens is 274 g/mol. The Kier molecular flexibility index (Phi) is 3.38. The Bertz CT molecular complexity index is 514. The number of fused-ring (bicyclic) bond motifs is 2. The fourth-order valence-electron chi connectivity index (χ4n) is 3.40. The van der Waals surface area contributed by atoms with Crippen LogP contribution in [0.25, 0.3) is 0 Å². The molecule has 1 aromatic heterocycles. The molecule has 0 radical (unpaired) electrons.